The van der Waals surface area contributed by atoms with Crippen LogP contribution in [0.15, 0.2) is 36.4 Å². The van der Waals surface area contributed by atoms with Gasteiger partial charge in [0.2, 0.25) is 0 Å². The molecule has 0 unspecified atom stereocenters. The highest BCUT2D eigenvalue weighted by atomic mass is 16.7. The third-order valence-electron chi connectivity index (χ3n) is 3.02. The highest BCUT2D eigenvalue weighted by molar-refractivity contribution is 5.78. The van der Waals surface area contributed by atoms with E-state index in [-0.39, 0.29) is 17.9 Å². The summed E-state index contributed by atoms with van der Waals surface area (Å²) in [5.41, 5.74) is 1.07. The minimum atomic E-state index is -0.310. The molecule has 0 aliphatic rings. The van der Waals surface area contributed by atoms with E-state index in [2.05, 4.69) is 0 Å². The number of hydrogen-bond donors (Lipinski definition) is 0. The van der Waals surface area contributed by atoms with E-state index >= 15 is 0 Å². The van der Waals surface area contributed by atoms with Crippen molar-refractivity contribution in [2.45, 2.75) is 13.0 Å². The van der Waals surface area contributed by atoms with Gasteiger partial charge in [-0.3, -0.25) is 9.63 Å². The van der Waals surface area contributed by atoms with Crippen LogP contribution in [0.1, 0.15) is 12.5 Å². The normalized spacial score (nSPS) is 14.3. The number of carbonyl (C=O) groups excluding carboxylic acids is 1. The largest absolute Gasteiger partial charge is 0.377 e. The molecule has 4 nitrogen and oxygen atoms in total. The van der Waals surface area contributed by atoms with Crippen LogP contribution in [0, 0.1) is 5.92 Å². The first-order chi connectivity index (χ1) is 9.10. The quantitative estimate of drug-likeness (QED) is 0.740. The molecule has 0 heterocycles. The zero-order chi connectivity index (χ0) is 14.3. The molecule has 0 aliphatic carbocycles. The lowest BCUT2D eigenvalue weighted by molar-refractivity contribution is -0.175. The van der Waals surface area contributed by atoms with Gasteiger partial charge < -0.3 is 4.74 Å². The standard InChI is InChI=1S/C15H21NO3/c1-12(15(17)16(2)19-4)14(18-3)11-10-13-8-6-5-7-9-13/h5-12,14H,1-4H3/b11-10+/t12-,14+/m1/s1. The summed E-state index contributed by atoms with van der Waals surface area (Å²) < 4.78 is 5.36. The summed E-state index contributed by atoms with van der Waals surface area (Å²) in [5, 5.41) is 1.22. The third kappa shape index (κ3) is 4.50. The molecule has 0 saturated carbocycles. The van der Waals surface area contributed by atoms with Crippen LogP contribution in [0.2, 0.25) is 0 Å². The molecule has 1 rings (SSSR count). The average Bonchev–Trinajstić information content (AvgIpc) is 2.47. The molecule has 0 aliphatic heterocycles. The van der Waals surface area contributed by atoms with Gasteiger partial charge in [-0.1, -0.05) is 49.4 Å². The van der Waals surface area contributed by atoms with Crippen LogP contribution >= 0.6 is 0 Å². The van der Waals surface area contributed by atoms with Crippen molar-refractivity contribution in [3.8, 4) is 0 Å². The predicted octanol–water partition coefficient (Wildman–Crippen LogP) is 2.37. The number of methoxy groups -OCH3 is 1. The lowest BCUT2D eigenvalue weighted by Gasteiger charge is -2.23. The minimum Gasteiger partial charge on any atom is -0.377 e. The Morgan fingerprint density at radius 3 is 2.42 bits per heavy atom. The Morgan fingerprint density at radius 1 is 1.26 bits per heavy atom. The van der Waals surface area contributed by atoms with Crippen molar-refractivity contribution in [3.05, 3.63) is 42.0 Å². The monoisotopic (exact) mass is 263 g/mol. The molecule has 0 bridgehead atoms. The van der Waals surface area contributed by atoms with Crippen molar-refractivity contribution in [2.24, 2.45) is 5.92 Å². The summed E-state index contributed by atoms with van der Waals surface area (Å²) in [7, 11) is 4.65. The van der Waals surface area contributed by atoms with E-state index in [9.17, 15) is 4.79 Å². The Morgan fingerprint density at radius 2 is 1.89 bits per heavy atom. The number of ether oxygens (including phenoxy) is 1. The van der Waals surface area contributed by atoms with Gasteiger partial charge in [0, 0.05) is 14.2 Å². The first-order valence-corrected chi connectivity index (χ1v) is 6.18. The van der Waals surface area contributed by atoms with E-state index in [0.717, 1.165) is 5.56 Å². The van der Waals surface area contributed by atoms with Crippen LogP contribution in [0.4, 0.5) is 0 Å². The minimum absolute atomic E-state index is 0.118. The first kappa shape index (κ1) is 15.4. The topological polar surface area (TPSA) is 38.8 Å². The fraction of sp³-hybridized carbons (Fsp3) is 0.400. The van der Waals surface area contributed by atoms with Gasteiger partial charge in [0.15, 0.2) is 0 Å². The Hall–Kier alpha value is -1.65. The zero-order valence-corrected chi connectivity index (χ0v) is 11.9. The molecular weight excluding hydrogens is 242 g/mol. The van der Waals surface area contributed by atoms with E-state index in [1.165, 1.54) is 12.2 Å². The Labute approximate surface area is 114 Å². The zero-order valence-electron chi connectivity index (χ0n) is 11.9. The van der Waals surface area contributed by atoms with E-state index in [4.69, 9.17) is 9.57 Å². The van der Waals surface area contributed by atoms with Gasteiger partial charge in [-0.2, -0.15) is 0 Å². The summed E-state index contributed by atoms with van der Waals surface area (Å²) in [4.78, 5) is 16.9. The van der Waals surface area contributed by atoms with Gasteiger partial charge >= 0.3 is 0 Å². The van der Waals surface area contributed by atoms with Crippen LogP contribution in [0.25, 0.3) is 6.08 Å². The molecular formula is C15H21NO3. The lowest BCUT2D eigenvalue weighted by Crippen LogP contribution is -2.36. The summed E-state index contributed by atoms with van der Waals surface area (Å²) in [6, 6.07) is 9.89. The average molecular weight is 263 g/mol. The SMILES string of the molecule is CO[C@@H](/C=C/c1ccccc1)[C@@H](C)C(=O)N(C)OC. The summed E-state index contributed by atoms with van der Waals surface area (Å²) in [6.45, 7) is 1.82. The molecule has 1 aromatic carbocycles. The van der Waals surface area contributed by atoms with E-state index in [0.29, 0.717) is 0 Å². The predicted molar refractivity (Wildman–Crippen MR) is 75.2 cm³/mol. The van der Waals surface area contributed by atoms with Crippen LogP contribution in [-0.2, 0) is 14.4 Å². The van der Waals surface area contributed by atoms with Crippen molar-refractivity contribution in [1.82, 2.24) is 5.06 Å². The summed E-state index contributed by atoms with van der Waals surface area (Å²) in [5.74, 6) is -0.429. The van der Waals surface area contributed by atoms with E-state index in [1.807, 2.05) is 49.4 Å². The number of rotatable bonds is 6. The van der Waals surface area contributed by atoms with Crippen molar-refractivity contribution in [1.29, 1.82) is 0 Å². The van der Waals surface area contributed by atoms with Crippen molar-refractivity contribution in [3.63, 3.8) is 0 Å². The second-order valence-corrected chi connectivity index (χ2v) is 4.28. The van der Waals surface area contributed by atoms with Crippen LogP contribution < -0.4 is 0 Å². The molecule has 19 heavy (non-hydrogen) atoms. The highest BCUT2D eigenvalue weighted by Crippen LogP contribution is 2.13. The Bertz CT molecular complexity index is 417. The molecule has 0 aromatic heterocycles. The van der Waals surface area contributed by atoms with Crippen LogP contribution in [0.5, 0.6) is 0 Å². The van der Waals surface area contributed by atoms with Gasteiger partial charge in [0.25, 0.3) is 5.91 Å². The maximum absolute atomic E-state index is 12.0. The molecule has 0 spiro atoms. The maximum atomic E-state index is 12.0. The number of hydroxylamine groups is 2. The lowest BCUT2D eigenvalue weighted by atomic mass is 10.0. The number of amides is 1. The van der Waals surface area contributed by atoms with Gasteiger partial charge in [-0.25, -0.2) is 5.06 Å². The van der Waals surface area contributed by atoms with Gasteiger partial charge in [0.1, 0.15) is 0 Å². The van der Waals surface area contributed by atoms with E-state index < -0.39 is 0 Å². The Balaban J connectivity index is 2.73. The molecule has 1 amide bonds. The molecule has 0 radical (unpaired) electrons. The third-order valence-corrected chi connectivity index (χ3v) is 3.02. The van der Waals surface area contributed by atoms with Crippen molar-refractivity contribution >= 4 is 12.0 Å². The molecule has 104 valence electrons. The van der Waals surface area contributed by atoms with Crippen LogP contribution in [0.3, 0.4) is 0 Å². The van der Waals surface area contributed by atoms with Crippen molar-refractivity contribution in [2.75, 3.05) is 21.3 Å². The first-order valence-electron chi connectivity index (χ1n) is 6.18. The maximum Gasteiger partial charge on any atom is 0.251 e. The van der Waals surface area contributed by atoms with Gasteiger partial charge in [0.05, 0.1) is 19.1 Å². The molecule has 0 N–H and O–H groups in total. The van der Waals surface area contributed by atoms with Gasteiger partial charge in [-0.15, -0.1) is 0 Å². The number of nitrogens with zero attached hydrogens (tertiary/aromatic N) is 1. The molecule has 0 fully saturated rings. The molecule has 4 heteroatoms. The number of hydrogen-bond acceptors (Lipinski definition) is 3. The molecule has 1 aromatic rings. The number of carbonyl (C=O) groups is 1. The molecule has 0 saturated heterocycles. The number of benzene rings is 1. The molecule has 2 atom stereocenters. The van der Waals surface area contributed by atoms with E-state index in [1.54, 1.807) is 14.2 Å². The smallest absolute Gasteiger partial charge is 0.251 e. The fourth-order valence-corrected chi connectivity index (χ4v) is 1.74. The fourth-order valence-electron chi connectivity index (χ4n) is 1.74. The highest BCUT2D eigenvalue weighted by Gasteiger charge is 2.24. The van der Waals surface area contributed by atoms with Gasteiger partial charge in [-0.05, 0) is 5.56 Å². The second kappa shape index (κ2) is 7.71. The van der Waals surface area contributed by atoms with Crippen molar-refractivity contribution < 1.29 is 14.4 Å². The summed E-state index contributed by atoms with van der Waals surface area (Å²) >= 11 is 0. The summed E-state index contributed by atoms with van der Waals surface area (Å²) in [6.07, 6.45) is 3.55. The van der Waals surface area contributed by atoms with Crippen LogP contribution in [-0.4, -0.2) is 38.3 Å². The Kier molecular flexibility index (Phi) is 6.25. The second-order valence-electron chi connectivity index (χ2n) is 4.28.